The summed E-state index contributed by atoms with van der Waals surface area (Å²) in [6.45, 7) is 6.57. The van der Waals surface area contributed by atoms with E-state index in [1.165, 1.54) is 5.69 Å². The number of nitrogens with one attached hydrogen (secondary N) is 1. The molecule has 2 aromatic heterocycles. The Labute approximate surface area is 211 Å². The minimum atomic E-state index is -3.63. The van der Waals surface area contributed by atoms with E-state index in [4.69, 9.17) is 10.5 Å². The molecule has 0 saturated carbocycles. The summed E-state index contributed by atoms with van der Waals surface area (Å²) >= 11 is 0. The highest BCUT2D eigenvalue weighted by atomic mass is 32.2. The number of nitrogens with two attached hydrogens (primary N) is 1. The van der Waals surface area contributed by atoms with E-state index < -0.39 is 15.6 Å². The number of hydrogen-bond donors (Lipinski definition) is 2. The highest BCUT2D eigenvalue weighted by Gasteiger charge is 2.27. The van der Waals surface area contributed by atoms with Gasteiger partial charge in [0.25, 0.3) is 15.9 Å². The van der Waals surface area contributed by atoms with E-state index in [9.17, 15) is 13.2 Å². The summed E-state index contributed by atoms with van der Waals surface area (Å²) in [5.41, 5.74) is 8.74. The third kappa shape index (κ3) is 5.93. The molecule has 0 saturated heterocycles. The van der Waals surface area contributed by atoms with Crippen LogP contribution >= 0.6 is 0 Å². The Kier molecular flexibility index (Phi) is 7.16. The molecule has 3 aromatic rings. The average molecular weight is 510 g/mol. The maximum absolute atomic E-state index is 13.0. The van der Waals surface area contributed by atoms with Crippen molar-refractivity contribution in [2.75, 3.05) is 6.61 Å². The second kappa shape index (κ2) is 10.1. The summed E-state index contributed by atoms with van der Waals surface area (Å²) in [5.74, 6) is -0.140. The van der Waals surface area contributed by atoms with E-state index in [2.05, 4.69) is 32.3 Å². The van der Waals surface area contributed by atoms with Gasteiger partial charge < -0.3 is 20.4 Å². The van der Waals surface area contributed by atoms with Gasteiger partial charge in [-0.1, -0.05) is 25.5 Å². The van der Waals surface area contributed by atoms with Crippen molar-refractivity contribution in [3.8, 4) is 5.75 Å². The number of hydrogen-bond acceptors (Lipinski definition) is 6. The van der Waals surface area contributed by atoms with Gasteiger partial charge in [-0.2, -0.15) is 0 Å². The lowest BCUT2D eigenvalue weighted by Gasteiger charge is -2.27. The Bertz CT molecular complexity index is 1410. The topological polar surface area (TPSA) is 129 Å². The summed E-state index contributed by atoms with van der Waals surface area (Å²) in [5, 5.41) is 3.01. The Hall–Kier alpha value is -3.66. The van der Waals surface area contributed by atoms with Crippen LogP contribution in [0.4, 0.5) is 0 Å². The maximum Gasteiger partial charge on any atom is 0.259 e. The molecule has 1 aromatic carbocycles. The molecule has 3 heterocycles. The highest BCUT2D eigenvalue weighted by molar-refractivity contribution is 7.89. The summed E-state index contributed by atoms with van der Waals surface area (Å²) in [6, 6.07) is 12.7. The number of nitrogens with zero attached hydrogens (tertiary/aromatic N) is 3. The van der Waals surface area contributed by atoms with Gasteiger partial charge in [0.1, 0.15) is 18.2 Å². The van der Waals surface area contributed by atoms with E-state index in [-0.39, 0.29) is 24.1 Å². The van der Waals surface area contributed by atoms with Gasteiger partial charge in [0, 0.05) is 23.7 Å². The van der Waals surface area contributed by atoms with Gasteiger partial charge in [-0.3, -0.25) is 9.78 Å². The number of fused-ring (bicyclic) bond motifs is 1. The molecule has 1 aliphatic heterocycles. The number of aryl methyl sites for hydroxylation is 1. The lowest BCUT2D eigenvalue weighted by molar-refractivity contribution is 0.0880. The Morgan fingerprint density at radius 2 is 2.03 bits per heavy atom. The molecule has 9 nitrogen and oxygen atoms in total. The maximum atomic E-state index is 13.0. The fourth-order valence-corrected chi connectivity index (χ4v) is 5.26. The van der Waals surface area contributed by atoms with Crippen molar-refractivity contribution >= 4 is 21.8 Å². The molecule has 1 aliphatic rings. The number of sulfonamides is 1. The largest absolute Gasteiger partial charge is 0.490 e. The van der Waals surface area contributed by atoms with Crippen LogP contribution in [0.5, 0.6) is 5.75 Å². The Balaban J connectivity index is 1.43. The number of amides is 1. The fraction of sp³-hybridized carbons (Fsp3) is 0.346. The van der Waals surface area contributed by atoms with Crippen molar-refractivity contribution < 1.29 is 17.9 Å². The van der Waals surface area contributed by atoms with Crippen LogP contribution in [0.15, 0.2) is 59.3 Å². The summed E-state index contributed by atoms with van der Waals surface area (Å²) < 4.78 is 35.6. The summed E-state index contributed by atoms with van der Waals surface area (Å²) in [4.78, 5) is 17.5. The average Bonchev–Trinajstić information content (AvgIpc) is 3.23. The third-order valence-electron chi connectivity index (χ3n) is 5.83. The van der Waals surface area contributed by atoms with Crippen molar-refractivity contribution in [1.82, 2.24) is 14.9 Å². The predicted octanol–water partition coefficient (Wildman–Crippen LogP) is 3.02. The third-order valence-corrected chi connectivity index (χ3v) is 6.98. The SMILES string of the molecule is CCCc1cccn1Cc1cc(C(=O)NC(C)(C)COc2cccc3c2C(N)=NS(=O)(=O)C3)ccn1. The van der Waals surface area contributed by atoms with Gasteiger partial charge in [0.2, 0.25) is 0 Å². The van der Waals surface area contributed by atoms with Crippen LogP contribution in [0.1, 0.15) is 60.1 Å². The minimum absolute atomic E-state index is 0.0946. The van der Waals surface area contributed by atoms with Crippen molar-refractivity contribution in [3.63, 3.8) is 0 Å². The van der Waals surface area contributed by atoms with Crippen LogP contribution in [0, 0.1) is 0 Å². The van der Waals surface area contributed by atoms with Crippen molar-refractivity contribution in [1.29, 1.82) is 0 Å². The number of ether oxygens (including phenoxy) is 1. The number of aromatic nitrogens is 2. The van der Waals surface area contributed by atoms with Gasteiger partial charge in [-0.05, 0) is 56.2 Å². The quantitative estimate of drug-likeness (QED) is 0.456. The minimum Gasteiger partial charge on any atom is -0.490 e. The first-order chi connectivity index (χ1) is 17.1. The number of benzene rings is 1. The van der Waals surface area contributed by atoms with Gasteiger partial charge in [-0.25, -0.2) is 8.42 Å². The molecule has 4 rings (SSSR count). The molecule has 1 amide bonds. The number of rotatable bonds is 9. The number of pyridine rings is 1. The second-order valence-corrected chi connectivity index (χ2v) is 11.2. The lowest BCUT2D eigenvalue weighted by Crippen LogP contribution is -2.48. The van der Waals surface area contributed by atoms with Crippen LogP contribution in [-0.2, 0) is 28.7 Å². The first-order valence-electron chi connectivity index (χ1n) is 11.8. The zero-order valence-electron chi connectivity index (χ0n) is 20.7. The molecule has 0 spiro atoms. The van der Waals surface area contributed by atoms with Crippen molar-refractivity contribution in [3.05, 3.63) is 82.9 Å². The van der Waals surface area contributed by atoms with Gasteiger partial charge in [-0.15, -0.1) is 4.40 Å². The fourth-order valence-electron chi connectivity index (χ4n) is 4.17. The summed E-state index contributed by atoms with van der Waals surface area (Å²) in [7, 11) is -3.63. The van der Waals surface area contributed by atoms with Crippen molar-refractivity contribution in [2.45, 2.75) is 51.4 Å². The Morgan fingerprint density at radius 1 is 1.22 bits per heavy atom. The zero-order valence-corrected chi connectivity index (χ0v) is 21.5. The molecule has 0 atom stereocenters. The van der Waals surface area contributed by atoms with Crippen LogP contribution in [0.3, 0.4) is 0 Å². The smallest absolute Gasteiger partial charge is 0.259 e. The van der Waals surface area contributed by atoms with Crippen LogP contribution in [-0.4, -0.2) is 41.9 Å². The van der Waals surface area contributed by atoms with Crippen LogP contribution < -0.4 is 15.8 Å². The lowest BCUT2D eigenvalue weighted by atomic mass is 10.0. The first-order valence-corrected chi connectivity index (χ1v) is 13.4. The first kappa shape index (κ1) is 25.4. The van der Waals surface area contributed by atoms with E-state index in [1.54, 1.807) is 36.5 Å². The van der Waals surface area contributed by atoms with E-state index >= 15 is 0 Å². The van der Waals surface area contributed by atoms with Gasteiger partial charge >= 0.3 is 0 Å². The summed E-state index contributed by atoms with van der Waals surface area (Å²) in [6.07, 6.45) is 5.71. The zero-order chi connectivity index (χ0) is 25.9. The molecule has 0 unspecified atom stereocenters. The molecule has 0 fully saturated rings. The molecule has 0 aliphatic carbocycles. The van der Waals surface area contributed by atoms with E-state index in [0.717, 1.165) is 18.5 Å². The standard InChI is InChI=1S/C26H31N5O4S/c1-4-7-21-9-6-13-31(21)15-20-14-18(11-12-28-20)25(32)29-26(2,3)17-35-22-10-5-8-19-16-36(33,34)30-24(27)23(19)22/h5-6,8-14H,4,7,15-17H2,1-3H3,(H2,27,30)(H,29,32). The Morgan fingerprint density at radius 3 is 2.81 bits per heavy atom. The number of carbonyl (C=O) groups is 1. The van der Waals surface area contributed by atoms with E-state index in [1.807, 2.05) is 26.1 Å². The molecule has 0 radical (unpaired) electrons. The number of carbonyl (C=O) groups excluding carboxylic acids is 1. The van der Waals surface area contributed by atoms with Crippen LogP contribution in [0.2, 0.25) is 0 Å². The van der Waals surface area contributed by atoms with E-state index in [0.29, 0.717) is 29.0 Å². The molecule has 10 heteroatoms. The molecule has 3 N–H and O–H groups in total. The highest BCUT2D eigenvalue weighted by Crippen LogP contribution is 2.28. The molecular formula is C26H31N5O4S. The monoisotopic (exact) mass is 509 g/mol. The van der Waals surface area contributed by atoms with Gasteiger partial charge in [0.05, 0.1) is 29.1 Å². The molecule has 190 valence electrons. The van der Waals surface area contributed by atoms with Gasteiger partial charge in [0.15, 0.2) is 0 Å². The van der Waals surface area contributed by atoms with Crippen LogP contribution in [0.25, 0.3) is 0 Å². The molecular weight excluding hydrogens is 478 g/mol. The molecule has 0 bridgehead atoms. The second-order valence-electron chi connectivity index (χ2n) is 9.53. The number of amidine groups is 1. The normalized spacial score (nSPS) is 14.6. The van der Waals surface area contributed by atoms with Crippen molar-refractivity contribution in [2.24, 2.45) is 10.1 Å². The predicted molar refractivity (Wildman–Crippen MR) is 139 cm³/mol. The molecule has 36 heavy (non-hydrogen) atoms.